The van der Waals surface area contributed by atoms with E-state index in [9.17, 15) is 9.59 Å². The van der Waals surface area contributed by atoms with E-state index < -0.39 is 0 Å². The van der Waals surface area contributed by atoms with E-state index in [0.717, 1.165) is 44.3 Å². The highest BCUT2D eigenvalue weighted by atomic mass is 35.5. The zero-order valence-corrected chi connectivity index (χ0v) is 16.3. The minimum atomic E-state index is 0. The number of anilines is 1. The third-order valence-corrected chi connectivity index (χ3v) is 5.76. The van der Waals surface area contributed by atoms with Crippen LogP contribution in [0.15, 0.2) is 24.3 Å². The predicted molar refractivity (Wildman–Crippen MR) is 107 cm³/mol. The van der Waals surface area contributed by atoms with Gasteiger partial charge in [-0.1, -0.05) is 6.42 Å². The highest BCUT2D eigenvalue weighted by molar-refractivity contribution is 5.96. The van der Waals surface area contributed by atoms with Crippen LogP contribution in [0.3, 0.4) is 0 Å². The Morgan fingerprint density at radius 3 is 2.50 bits per heavy atom. The molecule has 0 spiro atoms. The third-order valence-electron chi connectivity index (χ3n) is 5.76. The average Bonchev–Trinajstić information content (AvgIpc) is 3.11. The van der Waals surface area contributed by atoms with E-state index in [-0.39, 0.29) is 30.1 Å². The Hall–Kier alpha value is -1.59. The second-order valence-corrected chi connectivity index (χ2v) is 7.44. The predicted octanol–water partition coefficient (Wildman–Crippen LogP) is 3.44. The van der Waals surface area contributed by atoms with Gasteiger partial charge < -0.3 is 16.0 Å². The van der Waals surface area contributed by atoms with Gasteiger partial charge in [-0.05, 0) is 75.8 Å². The topological polar surface area (TPSA) is 75.4 Å². The molecule has 1 aliphatic carbocycles. The molecule has 6 heteroatoms. The quantitative estimate of drug-likeness (QED) is 0.841. The fourth-order valence-electron chi connectivity index (χ4n) is 4.16. The molecule has 1 aliphatic heterocycles. The Kier molecular flexibility index (Phi) is 7.47. The second kappa shape index (κ2) is 9.38. The molecular formula is C20H30ClN3O2. The Morgan fingerprint density at radius 2 is 1.85 bits per heavy atom. The van der Waals surface area contributed by atoms with Crippen molar-refractivity contribution in [2.24, 2.45) is 17.6 Å². The highest BCUT2D eigenvalue weighted by Gasteiger charge is 2.32. The minimum absolute atomic E-state index is 0. The van der Waals surface area contributed by atoms with Crippen molar-refractivity contribution in [3.63, 3.8) is 0 Å². The Labute approximate surface area is 162 Å². The maximum atomic E-state index is 12.7. The van der Waals surface area contributed by atoms with Crippen molar-refractivity contribution in [2.75, 3.05) is 18.4 Å². The molecule has 0 aromatic heterocycles. The number of carbonyl (C=O) groups is 2. The van der Waals surface area contributed by atoms with Crippen LogP contribution in [0.5, 0.6) is 0 Å². The van der Waals surface area contributed by atoms with Crippen LogP contribution in [0.25, 0.3) is 0 Å². The molecule has 0 bridgehead atoms. The van der Waals surface area contributed by atoms with Crippen LogP contribution in [0.2, 0.25) is 0 Å². The number of halogens is 1. The van der Waals surface area contributed by atoms with Gasteiger partial charge in [-0.3, -0.25) is 9.59 Å². The van der Waals surface area contributed by atoms with Crippen molar-refractivity contribution in [3.8, 4) is 0 Å². The lowest BCUT2D eigenvalue weighted by Gasteiger charge is -2.33. The molecule has 3 N–H and O–H groups in total. The third kappa shape index (κ3) is 4.57. The Balaban J connectivity index is 0.00000243. The van der Waals surface area contributed by atoms with E-state index >= 15 is 0 Å². The average molecular weight is 380 g/mol. The van der Waals surface area contributed by atoms with E-state index in [1.165, 1.54) is 6.42 Å². The first kappa shape index (κ1) is 20.7. The molecule has 1 aromatic rings. The summed E-state index contributed by atoms with van der Waals surface area (Å²) < 4.78 is 0. The van der Waals surface area contributed by atoms with Gasteiger partial charge in [0.2, 0.25) is 5.91 Å². The van der Waals surface area contributed by atoms with Crippen molar-refractivity contribution in [1.82, 2.24) is 4.90 Å². The lowest BCUT2D eigenvalue weighted by Crippen LogP contribution is -2.42. The lowest BCUT2D eigenvalue weighted by atomic mass is 9.95. The Morgan fingerprint density at radius 1 is 1.12 bits per heavy atom. The minimum Gasteiger partial charge on any atom is -0.336 e. The standard InChI is InChI=1S/C20H29N3O2.ClH/c1-14-5-2-3-12-23(14)20(25)15-8-10-17(11-9-15)22-19(24)18-7-4-6-16(18)13-21;/h8-11,14,16,18H,2-7,12-13,21H2,1H3,(H,22,24);1H/t14?,16-,18-;/m1./s1. The van der Waals surface area contributed by atoms with Crippen LogP contribution in [0.4, 0.5) is 5.69 Å². The van der Waals surface area contributed by atoms with Crippen LogP contribution >= 0.6 is 12.4 Å². The van der Waals surface area contributed by atoms with Gasteiger partial charge in [-0.25, -0.2) is 0 Å². The summed E-state index contributed by atoms with van der Waals surface area (Å²) in [5, 5.41) is 2.98. The lowest BCUT2D eigenvalue weighted by molar-refractivity contribution is -0.120. The number of piperidine rings is 1. The zero-order valence-electron chi connectivity index (χ0n) is 15.4. The molecule has 1 saturated heterocycles. The molecule has 1 aromatic carbocycles. The first-order chi connectivity index (χ1) is 12.1. The van der Waals surface area contributed by atoms with Crippen molar-refractivity contribution >= 4 is 29.9 Å². The van der Waals surface area contributed by atoms with Crippen molar-refractivity contribution in [1.29, 1.82) is 0 Å². The van der Waals surface area contributed by atoms with E-state index in [0.29, 0.717) is 24.1 Å². The van der Waals surface area contributed by atoms with Crippen LogP contribution in [0.1, 0.15) is 55.8 Å². The number of nitrogens with two attached hydrogens (primary N) is 1. The first-order valence-corrected chi connectivity index (χ1v) is 9.52. The fourth-order valence-corrected chi connectivity index (χ4v) is 4.16. The first-order valence-electron chi connectivity index (χ1n) is 9.52. The maximum absolute atomic E-state index is 12.7. The summed E-state index contributed by atoms with van der Waals surface area (Å²) in [6.07, 6.45) is 6.37. The summed E-state index contributed by atoms with van der Waals surface area (Å²) in [5.74, 6) is 0.447. The number of hydrogen-bond donors (Lipinski definition) is 2. The molecule has 3 atom stereocenters. The van der Waals surface area contributed by atoms with Gasteiger partial charge in [0.1, 0.15) is 0 Å². The second-order valence-electron chi connectivity index (χ2n) is 7.44. The van der Waals surface area contributed by atoms with Gasteiger partial charge in [0.05, 0.1) is 0 Å². The molecule has 0 radical (unpaired) electrons. The smallest absolute Gasteiger partial charge is 0.254 e. The summed E-state index contributed by atoms with van der Waals surface area (Å²) in [5.41, 5.74) is 7.20. The number of nitrogens with zero attached hydrogens (tertiary/aromatic N) is 1. The molecule has 3 rings (SSSR count). The highest BCUT2D eigenvalue weighted by Crippen LogP contribution is 2.32. The van der Waals surface area contributed by atoms with Crippen molar-refractivity contribution in [2.45, 2.75) is 51.5 Å². The summed E-state index contributed by atoms with van der Waals surface area (Å²) in [4.78, 5) is 27.1. The number of benzene rings is 1. The molecule has 144 valence electrons. The van der Waals surface area contributed by atoms with Crippen LogP contribution in [-0.4, -0.2) is 35.8 Å². The van der Waals surface area contributed by atoms with E-state index in [4.69, 9.17) is 5.73 Å². The van der Waals surface area contributed by atoms with Crippen LogP contribution in [0, 0.1) is 11.8 Å². The number of carbonyl (C=O) groups excluding carboxylic acids is 2. The number of amides is 2. The molecule has 2 fully saturated rings. The van der Waals surface area contributed by atoms with Gasteiger partial charge in [0.25, 0.3) is 5.91 Å². The normalized spacial score (nSPS) is 25.5. The molecule has 26 heavy (non-hydrogen) atoms. The molecule has 2 amide bonds. The molecule has 2 aliphatic rings. The largest absolute Gasteiger partial charge is 0.336 e. The number of rotatable bonds is 4. The molecule has 1 heterocycles. The van der Waals surface area contributed by atoms with Crippen molar-refractivity contribution < 1.29 is 9.59 Å². The summed E-state index contributed by atoms with van der Waals surface area (Å²) >= 11 is 0. The van der Waals surface area contributed by atoms with Crippen LogP contribution < -0.4 is 11.1 Å². The van der Waals surface area contributed by atoms with Gasteiger partial charge in [-0.15, -0.1) is 12.4 Å². The van der Waals surface area contributed by atoms with Gasteiger partial charge in [0.15, 0.2) is 0 Å². The molecule has 1 saturated carbocycles. The molecular weight excluding hydrogens is 350 g/mol. The Bertz CT molecular complexity index is 620. The summed E-state index contributed by atoms with van der Waals surface area (Å²) in [7, 11) is 0. The number of likely N-dealkylation sites (tertiary alicyclic amines) is 1. The number of nitrogens with one attached hydrogen (secondary N) is 1. The van der Waals surface area contributed by atoms with Gasteiger partial charge in [-0.2, -0.15) is 0 Å². The van der Waals surface area contributed by atoms with E-state index in [2.05, 4.69) is 12.2 Å². The number of hydrogen-bond acceptors (Lipinski definition) is 3. The zero-order chi connectivity index (χ0) is 17.8. The van der Waals surface area contributed by atoms with Crippen LogP contribution in [-0.2, 0) is 4.79 Å². The molecule has 1 unspecified atom stereocenters. The summed E-state index contributed by atoms with van der Waals surface area (Å²) in [6.45, 7) is 3.52. The van der Waals surface area contributed by atoms with Gasteiger partial charge >= 0.3 is 0 Å². The van der Waals surface area contributed by atoms with E-state index in [1.807, 2.05) is 29.2 Å². The van der Waals surface area contributed by atoms with Crippen molar-refractivity contribution in [3.05, 3.63) is 29.8 Å². The summed E-state index contributed by atoms with van der Waals surface area (Å²) in [6, 6.07) is 7.58. The van der Waals surface area contributed by atoms with E-state index in [1.54, 1.807) is 0 Å². The fraction of sp³-hybridized carbons (Fsp3) is 0.600. The van der Waals surface area contributed by atoms with Gasteiger partial charge in [0, 0.05) is 29.8 Å². The SMILES string of the molecule is CC1CCCCN1C(=O)c1ccc(NC(=O)[C@@H]2CCC[C@@H]2CN)cc1.Cl. The molecule has 5 nitrogen and oxygen atoms in total. The monoisotopic (exact) mass is 379 g/mol. The maximum Gasteiger partial charge on any atom is 0.254 e.